The Labute approximate surface area is 94.1 Å². The van der Waals surface area contributed by atoms with Crippen LogP contribution in [0.25, 0.3) is 0 Å². The Hall–Kier alpha value is -1.36. The summed E-state index contributed by atoms with van der Waals surface area (Å²) >= 11 is 0. The maximum Gasteiger partial charge on any atom is 0.330 e. The molecule has 0 saturated carbocycles. The topological polar surface area (TPSA) is 64.1 Å². The third-order valence-corrected chi connectivity index (χ3v) is 2.35. The van der Waals surface area contributed by atoms with E-state index >= 15 is 0 Å². The molecule has 0 saturated heterocycles. The number of aromatic amines is 1. The first-order chi connectivity index (χ1) is 7.65. The maximum atomic E-state index is 11.4. The summed E-state index contributed by atoms with van der Waals surface area (Å²) in [6, 6.07) is 1.39. The van der Waals surface area contributed by atoms with Crippen LogP contribution in [0.3, 0.4) is 0 Å². The first-order valence-corrected chi connectivity index (χ1v) is 5.53. The van der Waals surface area contributed by atoms with Gasteiger partial charge in [-0.05, 0) is 13.3 Å². The monoisotopic (exact) mass is 226 g/mol. The fourth-order valence-electron chi connectivity index (χ4n) is 1.41. The smallest absolute Gasteiger partial charge is 0.330 e. The molecule has 0 aliphatic rings. The summed E-state index contributed by atoms with van der Waals surface area (Å²) in [5.74, 6) is 0. The van der Waals surface area contributed by atoms with Crippen LogP contribution < -0.4 is 11.2 Å². The molecule has 1 aromatic rings. The largest absolute Gasteiger partial charge is 0.361 e. The van der Waals surface area contributed by atoms with Gasteiger partial charge >= 0.3 is 5.69 Å². The lowest BCUT2D eigenvalue weighted by Gasteiger charge is -2.09. The molecule has 1 aromatic heterocycles. The summed E-state index contributed by atoms with van der Waals surface area (Å²) in [4.78, 5) is 24.6. The normalized spacial score (nSPS) is 10.6. The predicted molar refractivity (Wildman–Crippen MR) is 61.5 cm³/mol. The molecule has 0 unspecified atom stereocenters. The van der Waals surface area contributed by atoms with Crippen LogP contribution >= 0.6 is 0 Å². The Balaban J connectivity index is 2.54. The number of hydrogen-bond donors (Lipinski definition) is 1. The Morgan fingerprint density at radius 3 is 2.75 bits per heavy atom. The molecule has 0 bridgehead atoms. The highest BCUT2D eigenvalue weighted by molar-refractivity contribution is 4.97. The molecule has 0 radical (unpaired) electrons. The lowest BCUT2D eigenvalue weighted by Crippen LogP contribution is -2.31. The van der Waals surface area contributed by atoms with Gasteiger partial charge in [-0.15, -0.1) is 0 Å². The summed E-state index contributed by atoms with van der Waals surface area (Å²) in [6.07, 6.45) is 3.26. The van der Waals surface area contributed by atoms with E-state index in [2.05, 4.69) is 11.9 Å². The SMILES string of the molecule is CCCCCOCn1c(C)cc(=O)[nH]c1=O. The molecule has 16 heavy (non-hydrogen) atoms. The van der Waals surface area contributed by atoms with E-state index in [1.54, 1.807) is 6.92 Å². The van der Waals surface area contributed by atoms with Gasteiger partial charge in [0, 0.05) is 18.4 Å². The Kier molecular flexibility index (Phi) is 4.98. The van der Waals surface area contributed by atoms with Gasteiger partial charge in [0.2, 0.25) is 0 Å². The van der Waals surface area contributed by atoms with Crippen molar-refractivity contribution in [2.45, 2.75) is 39.8 Å². The molecule has 0 atom stereocenters. The lowest BCUT2D eigenvalue weighted by atomic mass is 10.3. The third-order valence-electron chi connectivity index (χ3n) is 2.35. The molecule has 1 heterocycles. The van der Waals surface area contributed by atoms with Crippen LogP contribution in [0.2, 0.25) is 0 Å². The number of aromatic nitrogens is 2. The Morgan fingerprint density at radius 2 is 2.12 bits per heavy atom. The van der Waals surface area contributed by atoms with E-state index in [0.717, 1.165) is 19.3 Å². The lowest BCUT2D eigenvalue weighted by molar-refractivity contribution is 0.0695. The molecule has 5 heteroatoms. The molecule has 90 valence electrons. The van der Waals surface area contributed by atoms with E-state index in [9.17, 15) is 9.59 Å². The highest BCUT2D eigenvalue weighted by Crippen LogP contribution is 1.96. The summed E-state index contributed by atoms with van der Waals surface area (Å²) in [5.41, 5.74) is -0.172. The number of nitrogens with zero attached hydrogens (tertiary/aromatic N) is 1. The van der Waals surface area contributed by atoms with Crippen LogP contribution in [-0.2, 0) is 11.5 Å². The van der Waals surface area contributed by atoms with E-state index in [1.807, 2.05) is 0 Å². The zero-order valence-electron chi connectivity index (χ0n) is 9.78. The van der Waals surface area contributed by atoms with Crippen LogP contribution in [0.15, 0.2) is 15.7 Å². The summed E-state index contributed by atoms with van der Waals surface area (Å²) in [5, 5.41) is 0. The first kappa shape index (κ1) is 12.7. The number of hydrogen-bond acceptors (Lipinski definition) is 3. The van der Waals surface area contributed by atoms with Crippen molar-refractivity contribution in [3.63, 3.8) is 0 Å². The summed E-state index contributed by atoms with van der Waals surface area (Å²) in [6.45, 7) is 4.67. The minimum Gasteiger partial charge on any atom is -0.361 e. The number of nitrogens with one attached hydrogen (secondary N) is 1. The van der Waals surface area contributed by atoms with E-state index in [1.165, 1.54) is 10.6 Å². The highest BCUT2D eigenvalue weighted by Gasteiger charge is 2.01. The molecule has 0 spiro atoms. The van der Waals surface area contributed by atoms with E-state index in [-0.39, 0.29) is 12.3 Å². The third kappa shape index (κ3) is 3.66. The second-order valence-electron chi connectivity index (χ2n) is 3.75. The van der Waals surface area contributed by atoms with E-state index in [4.69, 9.17) is 4.74 Å². The number of rotatable bonds is 6. The van der Waals surface area contributed by atoms with Crippen molar-refractivity contribution in [1.29, 1.82) is 0 Å². The zero-order valence-corrected chi connectivity index (χ0v) is 9.78. The summed E-state index contributed by atoms with van der Waals surface area (Å²) in [7, 11) is 0. The molecular formula is C11H18N2O3. The molecule has 0 aromatic carbocycles. The van der Waals surface area contributed by atoms with Gasteiger partial charge in [0.25, 0.3) is 5.56 Å². The van der Waals surface area contributed by atoms with Crippen LogP contribution in [0.5, 0.6) is 0 Å². The van der Waals surface area contributed by atoms with Crippen LogP contribution in [-0.4, -0.2) is 16.2 Å². The van der Waals surface area contributed by atoms with Crippen molar-refractivity contribution in [3.8, 4) is 0 Å². The average molecular weight is 226 g/mol. The van der Waals surface area contributed by atoms with Gasteiger partial charge in [-0.2, -0.15) is 0 Å². The quantitative estimate of drug-likeness (QED) is 0.736. The van der Waals surface area contributed by atoms with Gasteiger partial charge < -0.3 is 4.74 Å². The van der Waals surface area contributed by atoms with Crippen molar-refractivity contribution in [2.24, 2.45) is 0 Å². The summed E-state index contributed by atoms with van der Waals surface area (Å²) < 4.78 is 6.77. The first-order valence-electron chi connectivity index (χ1n) is 5.53. The van der Waals surface area contributed by atoms with Gasteiger partial charge in [-0.1, -0.05) is 19.8 Å². The van der Waals surface area contributed by atoms with Crippen LogP contribution in [0, 0.1) is 6.92 Å². The standard InChI is InChI=1S/C11H18N2O3/c1-3-4-5-6-16-8-13-9(2)7-10(14)12-11(13)15/h7H,3-6,8H2,1-2H3,(H,12,14,15). The molecule has 1 N–H and O–H groups in total. The number of unbranched alkanes of at least 4 members (excludes halogenated alkanes) is 2. The second-order valence-corrected chi connectivity index (χ2v) is 3.75. The second kappa shape index (κ2) is 6.27. The molecule has 0 aliphatic heterocycles. The van der Waals surface area contributed by atoms with Crippen molar-refractivity contribution < 1.29 is 4.74 Å². The van der Waals surface area contributed by atoms with Gasteiger partial charge in [0.1, 0.15) is 6.73 Å². The van der Waals surface area contributed by atoms with Gasteiger partial charge in [0.05, 0.1) is 0 Å². The van der Waals surface area contributed by atoms with Crippen molar-refractivity contribution in [2.75, 3.05) is 6.61 Å². The molecule has 5 nitrogen and oxygen atoms in total. The van der Waals surface area contributed by atoms with Crippen molar-refractivity contribution in [1.82, 2.24) is 9.55 Å². The van der Waals surface area contributed by atoms with Gasteiger partial charge in [0.15, 0.2) is 0 Å². The fourth-order valence-corrected chi connectivity index (χ4v) is 1.41. The maximum absolute atomic E-state index is 11.4. The van der Waals surface area contributed by atoms with E-state index < -0.39 is 5.69 Å². The van der Waals surface area contributed by atoms with Crippen LogP contribution in [0.1, 0.15) is 31.9 Å². The highest BCUT2D eigenvalue weighted by atomic mass is 16.5. The molecular weight excluding hydrogens is 208 g/mol. The molecule has 0 aliphatic carbocycles. The Bertz CT molecular complexity index is 434. The van der Waals surface area contributed by atoms with Crippen molar-refractivity contribution in [3.05, 3.63) is 32.6 Å². The molecule has 1 rings (SSSR count). The average Bonchev–Trinajstić information content (AvgIpc) is 2.20. The van der Waals surface area contributed by atoms with Gasteiger partial charge in [-0.3, -0.25) is 14.3 Å². The predicted octanol–water partition coefficient (Wildman–Crippen LogP) is 1.01. The number of H-pyrrole nitrogens is 1. The Morgan fingerprint density at radius 1 is 1.38 bits per heavy atom. The molecule has 0 fully saturated rings. The van der Waals surface area contributed by atoms with E-state index in [0.29, 0.717) is 12.3 Å². The molecule has 0 amide bonds. The number of aryl methyl sites for hydroxylation is 1. The fraction of sp³-hybridized carbons (Fsp3) is 0.636. The zero-order chi connectivity index (χ0) is 12.0. The minimum absolute atomic E-state index is 0.200. The van der Waals surface area contributed by atoms with Crippen molar-refractivity contribution >= 4 is 0 Å². The minimum atomic E-state index is -0.416. The van der Waals surface area contributed by atoms with Gasteiger partial charge in [-0.25, -0.2) is 4.79 Å². The number of ether oxygens (including phenoxy) is 1. The van der Waals surface area contributed by atoms with Crippen LogP contribution in [0.4, 0.5) is 0 Å².